The number of nitrogens with one attached hydrogen (secondary N) is 1. The minimum atomic E-state index is -0.236. The molecule has 0 saturated carbocycles. The summed E-state index contributed by atoms with van der Waals surface area (Å²) in [6.45, 7) is 2.87. The zero-order valence-electron chi connectivity index (χ0n) is 9.42. The second-order valence-electron chi connectivity index (χ2n) is 4.32. The summed E-state index contributed by atoms with van der Waals surface area (Å²) in [5, 5.41) is 3.37. The maximum absolute atomic E-state index is 12.9. The van der Waals surface area contributed by atoms with Gasteiger partial charge in [-0.1, -0.05) is 6.07 Å². The van der Waals surface area contributed by atoms with Crippen LogP contribution in [-0.2, 0) is 0 Å². The van der Waals surface area contributed by atoms with Gasteiger partial charge >= 0.3 is 0 Å². The monoisotopic (exact) mass is 223 g/mol. The lowest BCUT2D eigenvalue weighted by Crippen LogP contribution is -2.16. The lowest BCUT2D eigenvalue weighted by Gasteiger charge is -2.14. The number of hydrogen-bond donors (Lipinski definition) is 1. The molecule has 1 aliphatic heterocycles. The highest BCUT2D eigenvalue weighted by Crippen LogP contribution is 2.17. The van der Waals surface area contributed by atoms with Gasteiger partial charge < -0.3 is 10.1 Å². The molecule has 2 nitrogen and oxygen atoms in total. The molecule has 1 unspecified atom stereocenters. The molecule has 1 aromatic carbocycles. The Morgan fingerprint density at radius 1 is 1.31 bits per heavy atom. The quantitative estimate of drug-likeness (QED) is 0.850. The van der Waals surface area contributed by atoms with Crippen LogP contribution < -0.4 is 10.1 Å². The fourth-order valence-electron chi connectivity index (χ4n) is 2.03. The van der Waals surface area contributed by atoms with Crippen LogP contribution in [0, 0.1) is 11.7 Å². The molecule has 1 heterocycles. The standard InChI is InChI=1S/C13H18FNO/c14-12-4-1-5-13(9-12)16-10-11-3-2-7-15-8-6-11/h1,4-5,9,11,15H,2-3,6-8,10H2. The molecule has 1 aromatic rings. The Bertz CT molecular complexity index is 321. The van der Waals surface area contributed by atoms with Crippen LogP contribution in [0.4, 0.5) is 4.39 Å². The van der Waals surface area contributed by atoms with E-state index in [1.165, 1.54) is 25.0 Å². The molecule has 1 N–H and O–H groups in total. The van der Waals surface area contributed by atoms with Crippen LogP contribution in [0.15, 0.2) is 24.3 Å². The largest absolute Gasteiger partial charge is 0.493 e. The molecule has 3 heteroatoms. The zero-order chi connectivity index (χ0) is 11.2. The fraction of sp³-hybridized carbons (Fsp3) is 0.538. The molecule has 0 bridgehead atoms. The summed E-state index contributed by atoms with van der Waals surface area (Å²) >= 11 is 0. The van der Waals surface area contributed by atoms with Gasteiger partial charge in [-0.3, -0.25) is 0 Å². The summed E-state index contributed by atoms with van der Waals surface area (Å²) in [4.78, 5) is 0. The summed E-state index contributed by atoms with van der Waals surface area (Å²) in [6.07, 6.45) is 3.55. The van der Waals surface area contributed by atoms with Crippen LogP contribution in [0.25, 0.3) is 0 Å². The van der Waals surface area contributed by atoms with E-state index in [1.807, 2.05) is 0 Å². The molecular formula is C13H18FNO. The first kappa shape index (κ1) is 11.4. The van der Waals surface area contributed by atoms with Gasteiger partial charge in [0.1, 0.15) is 11.6 Å². The SMILES string of the molecule is Fc1cccc(OCC2CCCNCC2)c1. The van der Waals surface area contributed by atoms with Crippen molar-refractivity contribution < 1.29 is 9.13 Å². The van der Waals surface area contributed by atoms with Crippen molar-refractivity contribution in [2.24, 2.45) is 5.92 Å². The molecular weight excluding hydrogens is 205 g/mol. The Morgan fingerprint density at radius 3 is 3.12 bits per heavy atom. The summed E-state index contributed by atoms with van der Waals surface area (Å²) in [7, 11) is 0. The molecule has 0 spiro atoms. The first-order valence-electron chi connectivity index (χ1n) is 5.94. The van der Waals surface area contributed by atoms with E-state index < -0.39 is 0 Å². The molecule has 1 saturated heterocycles. The third-order valence-corrected chi connectivity index (χ3v) is 2.98. The van der Waals surface area contributed by atoms with Crippen molar-refractivity contribution in [2.75, 3.05) is 19.7 Å². The summed E-state index contributed by atoms with van der Waals surface area (Å²) in [5.41, 5.74) is 0. The van der Waals surface area contributed by atoms with Crippen LogP contribution >= 0.6 is 0 Å². The number of halogens is 1. The Labute approximate surface area is 95.8 Å². The average molecular weight is 223 g/mol. The van der Waals surface area contributed by atoms with E-state index in [2.05, 4.69) is 5.32 Å². The van der Waals surface area contributed by atoms with Crippen LogP contribution in [0.5, 0.6) is 5.75 Å². The minimum Gasteiger partial charge on any atom is -0.493 e. The minimum absolute atomic E-state index is 0.236. The van der Waals surface area contributed by atoms with Crippen molar-refractivity contribution in [2.45, 2.75) is 19.3 Å². The van der Waals surface area contributed by atoms with Crippen LogP contribution in [0.1, 0.15) is 19.3 Å². The van der Waals surface area contributed by atoms with Crippen molar-refractivity contribution in [3.8, 4) is 5.75 Å². The molecule has 0 aromatic heterocycles. The maximum atomic E-state index is 12.9. The van der Waals surface area contributed by atoms with E-state index in [1.54, 1.807) is 12.1 Å². The predicted molar refractivity (Wildman–Crippen MR) is 62.1 cm³/mol. The lowest BCUT2D eigenvalue weighted by molar-refractivity contribution is 0.236. The van der Waals surface area contributed by atoms with Gasteiger partial charge in [0.25, 0.3) is 0 Å². The van der Waals surface area contributed by atoms with Gasteiger partial charge in [0, 0.05) is 6.07 Å². The average Bonchev–Trinajstić information content (AvgIpc) is 2.55. The van der Waals surface area contributed by atoms with Crippen LogP contribution in [0.3, 0.4) is 0 Å². The number of rotatable bonds is 3. The summed E-state index contributed by atoms with van der Waals surface area (Å²) in [6, 6.07) is 6.36. The molecule has 1 aliphatic rings. The Balaban J connectivity index is 1.81. The normalized spacial score (nSPS) is 21.4. The van der Waals surface area contributed by atoms with E-state index >= 15 is 0 Å². The maximum Gasteiger partial charge on any atom is 0.126 e. The van der Waals surface area contributed by atoms with E-state index in [-0.39, 0.29) is 5.82 Å². The smallest absolute Gasteiger partial charge is 0.126 e. The Morgan fingerprint density at radius 2 is 2.25 bits per heavy atom. The highest BCUT2D eigenvalue weighted by Gasteiger charge is 2.12. The van der Waals surface area contributed by atoms with Crippen LogP contribution in [0.2, 0.25) is 0 Å². The third-order valence-electron chi connectivity index (χ3n) is 2.98. The van der Waals surface area contributed by atoms with Gasteiger partial charge in [-0.2, -0.15) is 0 Å². The topological polar surface area (TPSA) is 21.3 Å². The number of ether oxygens (including phenoxy) is 1. The highest BCUT2D eigenvalue weighted by molar-refractivity contribution is 5.22. The van der Waals surface area contributed by atoms with Gasteiger partial charge in [-0.25, -0.2) is 4.39 Å². The van der Waals surface area contributed by atoms with E-state index in [0.29, 0.717) is 18.3 Å². The summed E-state index contributed by atoms with van der Waals surface area (Å²) in [5.74, 6) is 0.996. The molecule has 1 atom stereocenters. The van der Waals surface area contributed by atoms with Crippen molar-refractivity contribution >= 4 is 0 Å². The molecule has 0 amide bonds. The highest BCUT2D eigenvalue weighted by atomic mass is 19.1. The van der Waals surface area contributed by atoms with Crippen molar-refractivity contribution in [3.05, 3.63) is 30.1 Å². The molecule has 1 fully saturated rings. The Hall–Kier alpha value is -1.09. The van der Waals surface area contributed by atoms with Gasteiger partial charge in [-0.05, 0) is 50.4 Å². The van der Waals surface area contributed by atoms with Crippen LogP contribution in [-0.4, -0.2) is 19.7 Å². The van der Waals surface area contributed by atoms with E-state index in [0.717, 1.165) is 19.5 Å². The number of hydrogen-bond acceptors (Lipinski definition) is 2. The van der Waals surface area contributed by atoms with E-state index in [4.69, 9.17) is 4.74 Å². The van der Waals surface area contributed by atoms with Gasteiger partial charge in [0.05, 0.1) is 6.61 Å². The first-order chi connectivity index (χ1) is 7.84. The first-order valence-corrected chi connectivity index (χ1v) is 5.94. The third kappa shape index (κ3) is 3.49. The Kier molecular flexibility index (Phi) is 4.17. The van der Waals surface area contributed by atoms with Gasteiger partial charge in [0.15, 0.2) is 0 Å². The molecule has 88 valence electrons. The van der Waals surface area contributed by atoms with Crippen molar-refractivity contribution in [1.82, 2.24) is 5.32 Å². The predicted octanol–water partition coefficient (Wildman–Crippen LogP) is 2.59. The van der Waals surface area contributed by atoms with E-state index in [9.17, 15) is 4.39 Å². The van der Waals surface area contributed by atoms with Crippen molar-refractivity contribution in [1.29, 1.82) is 0 Å². The molecule has 2 rings (SSSR count). The molecule has 0 radical (unpaired) electrons. The summed E-state index contributed by atoms with van der Waals surface area (Å²) < 4.78 is 18.5. The second kappa shape index (κ2) is 5.85. The number of benzene rings is 1. The van der Waals surface area contributed by atoms with Gasteiger partial charge in [0.2, 0.25) is 0 Å². The van der Waals surface area contributed by atoms with Crippen molar-refractivity contribution in [3.63, 3.8) is 0 Å². The fourth-order valence-corrected chi connectivity index (χ4v) is 2.03. The zero-order valence-corrected chi connectivity index (χ0v) is 9.42. The molecule has 16 heavy (non-hydrogen) atoms. The second-order valence-corrected chi connectivity index (χ2v) is 4.32. The van der Waals surface area contributed by atoms with Gasteiger partial charge in [-0.15, -0.1) is 0 Å². The molecule has 0 aliphatic carbocycles. The lowest BCUT2D eigenvalue weighted by atomic mass is 10.0.